The van der Waals surface area contributed by atoms with Crippen molar-refractivity contribution in [1.82, 2.24) is 29.1 Å². The van der Waals surface area contributed by atoms with Crippen LogP contribution < -0.4 is 0 Å². The maximum atomic E-state index is 16.1. The van der Waals surface area contributed by atoms with Crippen LogP contribution in [0.5, 0.6) is 0 Å². The van der Waals surface area contributed by atoms with Gasteiger partial charge < -0.3 is 9.13 Å². The second-order valence-electron chi connectivity index (χ2n) is 22.9. The van der Waals surface area contributed by atoms with E-state index in [1.165, 1.54) is 12.1 Å². The Bertz CT molecular complexity index is 5470. The zero-order valence-corrected chi connectivity index (χ0v) is 50.0. The number of benzene rings is 10. The quantitative estimate of drug-likeness (QED) is 0.121. The number of nitrogens with zero attached hydrogens (tertiary/aromatic N) is 8. The third kappa shape index (κ3) is 9.98. The Hall–Kier alpha value is -12.8. The molecule has 16 rings (SSSR count). The van der Waals surface area contributed by atoms with Crippen molar-refractivity contribution in [2.24, 2.45) is 0 Å². The van der Waals surface area contributed by atoms with E-state index in [9.17, 15) is 6.57 Å². The first-order chi connectivity index (χ1) is 46.1. The van der Waals surface area contributed by atoms with Crippen molar-refractivity contribution in [1.29, 1.82) is 0 Å². The monoisotopic (exact) mass is 1210 g/mol. The van der Waals surface area contributed by atoms with Gasteiger partial charge in [0.05, 0.1) is 97.7 Å². The number of alkyl halides is 3. The molecule has 6 aromatic heterocycles. The number of halogens is 3. The molecule has 0 unspecified atom stereocenters. The lowest BCUT2D eigenvalue weighted by Crippen LogP contribution is -2.09. The van der Waals surface area contributed by atoms with Crippen molar-refractivity contribution >= 4 is 55.0 Å². The first-order valence-electron chi connectivity index (χ1n) is 30.6. The number of hydrogen-bond donors (Lipinski definition) is 0. The van der Waals surface area contributed by atoms with Crippen LogP contribution in [-0.4, -0.2) is 29.1 Å². The van der Waals surface area contributed by atoms with Crippen molar-refractivity contribution in [3.05, 3.63) is 326 Å². The summed E-state index contributed by atoms with van der Waals surface area (Å²) in [5, 5.41) is 3.24. The number of pyridine rings is 4. The van der Waals surface area contributed by atoms with Gasteiger partial charge in [-0.25, -0.2) is 29.6 Å². The average Bonchev–Trinajstić information content (AvgIpc) is 1.51. The van der Waals surface area contributed by atoms with Gasteiger partial charge in [0.2, 0.25) is 5.69 Å². The molecule has 0 aliphatic carbocycles. The van der Waals surface area contributed by atoms with Crippen LogP contribution in [0.15, 0.2) is 297 Å². The molecule has 94 heavy (non-hydrogen) atoms. The lowest BCUT2D eigenvalue weighted by Gasteiger charge is -2.23. The Morgan fingerprint density at radius 1 is 0.298 bits per heavy atom. The maximum absolute atomic E-state index is 16.1. The van der Waals surface area contributed by atoms with Crippen LogP contribution in [0.4, 0.5) is 24.5 Å². The lowest BCUT2D eigenvalue weighted by atomic mass is 9.94. The minimum absolute atomic E-state index is 0.0245. The predicted molar refractivity (Wildman–Crippen MR) is 373 cm³/mol. The standard InChI is InChI=1S/C83H49F3N8/c1-87-74-37-15-28-65(83(84,85)86)80(74)64-46-47-75(93-76-48-56(70-33-16-29-66(89-70)52-20-7-3-8-21-52)38-42-60(76)61-43-39-57(49-77(61)93)71-34-17-30-67(90-71)53-22-9-4-10-23-53)81(88-2)82(64)94-78-50-58(72-35-18-31-68(91-72)54-24-11-5-12-25-54)40-44-62(78)63-45-41-59(51-79(63)94)73-36-19-32-69(92-73)55-26-13-6-14-27-55/h3-51H. The summed E-state index contributed by atoms with van der Waals surface area (Å²) in [5.74, 6) is 0. The van der Waals surface area contributed by atoms with Crippen LogP contribution in [0.3, 0.4) is 0 Å². The second kappa shape index (κ2) is 23.2. The second-order valence-corrected chi connectivity index (χ2v) is 22.9. The Morgan fingerprint density at radius 3 is 0.936 bits per heavy atom. The molecule has 0 fully saturated rings. The molecule has 0 aliphatic rings. The number of fused-ring (bicyclic) bond motifs is 6. The molecule has 16 aromatic rings. The van der Waals surface area contributed by atoms with Crippen LogP contribution in [0, 0.1) is 13.1 Å². The topological polar surface area (TPSA) is 70.1 Å². The normalized spacial score (nSPS) is 11.5. The molecule has 8 nitrogen and oxygen atoms in total. The molecule has 0 spiro atoms. The minimum Gasteiger partial charge on any atom is -0.319 e. The summed E-state index contributed by atoms with van der Waals surface area (Å²) >= 11 is 0. The Labute approximate surface area is 538 Å². The van der Waals surface area contributed by atoms with E-state index < -0.39 is 11.7 Å². The van der Waals surface area contributed by atoms with Crippen molar-refractivity contribution in [3.63, 3.8) is 0 Å². The molecular weight excluding hydrogens is 1170 g/mol. The van der Waals surface area contributed by atoms with Gasteiger partial charge in [0.15, 0.2) is 5.69 Å². The summed E-state index contributed by atoms with van der Waals surface area (Å²) in [5.41, 5.74) is 14.2. The van der Waals surface area contributed by atoms with E-state index in [0.717, 1.165) is 94.9 Å². The molecule has 442 valence electrons. The third-order valence-electron chi connectivity index (χ3n) is 17.4. The van der Waals surface area contributed by atoms with Gasteiger partial charge in [-0.2, -0.15) is 13.2 Å². The van der Waals surface area contributed by atoms with Crippen LogP contribution >= 0.6 is 0 Å². The highest BCUT2D eigenvalue weighted by atomic mass is 19.4. The largest absolute Gasteiger partial charge is 0.415 e. The van der Waals surface area contributed by atoms with E-state index >= 15 is 13.2 Å². The first-order valence-corrected chi connectivity index (χ1v) is 30.6. The van der Waals surface area contributed by atoms with E-state index in [2.05, 4.69) is 38.5 Å². The third-order valence-corrected chi connectivity index (χ3v) is 17.4. The SMILES string of the molecule is [C-]#[N+]c1cccc(C(F)(F)F)c1-c1ccc(-n2c3cc(-c4cccc(-c5ccccc5)n4)ccc3c3ccc(-c4cccc(-c5ccccc5)n4)cc32)c([N+]#[C-])c1-n1c2cc(-c3cccc(-c4ccccc4)n3)ccc2c2ccc(-c3cccc(-c4ccccc4)n3)cc21. The number of aromatic nitrogens is 6. The zero-order valence-electron chi connectivity index (χ0n) is 50.0. The fraction of sp³-hybridized carbons (Fsp3) is 0.0120. The smallest absolute Gasteiger partial charge is 0.319 e. The van der Waals surface area contributed by atoms with E-state index in [1.807, 2.05) is 247 Å². The highest BCUT2D eigenvalue weighted by Gasteiger charge is 2.37. The fourth-order valence-electron chi connectivity index (χ4n) is 13.1. The van der Waals surface area contributed by atoms with Crippen LogP contribution in [-0.2, 0) is 6.18 Å². The summed E-state index contributed by atoms with van der Waals surface area (Å²) in [6.07, 6.45) is -4.92. The summed E-state index contributed by atoms with van der Waals surface area (Å²) in [7, 11) is 0. The molecule has 0 saturated carbocycles. The summed E-state index contributed by atoms with van der Waals surface area (Å²) in [6, 6.07) is 94.9. The van der Waals surface area contributed by atoms with Gasteiger partial charge in [-0.3, -0.25) is 0 Å². The van der Waals surface area contributed by atoms with Gasteiger partial charge in [-0.15, -0.1) is 0 Å². The highest BCUT2D eigenvalue weighted by molar-refractivity contribution is 6.15. The van der Waals surface area contributed by atoms with Crippen LogP contribution in [0.25, 0.3) is 166 Å². The summed E-state index contributed by atoms with van der Waals surface area (Å²) in [4.78, 5) is 29.1. The first kappa shape index (κ1) is 56.4. The molecule has 0 radical (unpaired) electrons. The fourth-order valence-corrected chi connectivity index (χ4v) is 13.1. The molecule has 0 amide bonds. The van der Waals surface area contributed by atoms with Crippen molar-refractivity contribution in [2.75, 3.05) is 0 Å². The molecule has 0 saturated heterocycles. The molecule has 11 heteroatoms. The Balaban J connectivity index is 1.03. The molecular formula is C83H49F3N8. The van der Waals surface area contributed by atoms with Gasteiger partial charge >= 0.3 is 6.18 Å². The minimum atomic E-state index is -4.92. The Morgan fingerprint density at radius 2 is 0.617 bits per heavy atom. The van der Waals surface area contributed by atoms with Gasteiger partial charge in [-0.1, -0.05) is 218 Å². The summed E-state index contributed by atoms with van der Waals surface area (Å²) < 4.78 is 52.1. The predicted octanol–water partition coefficient (Wildman–Crippen LogP) is 22.6. The molecule has 0 bridgehead atoms. The molecule has 10 aromatic carbocycles. The van der Waals surface area contributed by atoms with E-state index in [1.54, 1.807) is 12.1 Å². The van der Waals surface area contributed by atoms with E-state index in [0.29, 0.717) is 50.5 Å². The van der Waals surface area contributed by atoms with E-state index in [4.69, 9.17) is 26.5 Å². The van der Waals surface area contributed by atoms with Gasteiger partial charge in [0.1, 0.15) is 0 Å². The number of hydrogen-bond acceptors (Lipinski definition) is 4. The highest BCUT2D eigenvalue weighted by Crippen LogP contribution is 2.52. The molecule has 0 N–H and O–H groups in total. The van der Waals surface area contributed by atoms with Gasteiger partial charge in [0, 0.05) is 71.6 Å². The number of rotatable bonds is 11. The molecule has 0 aliphatic heterocycles. The summed E-state index contributed by atoms with van der Waals surface area (Å²) in [6.45, 7) is 18.3. The van der Waals surface area contributed by atoms with Crippen LogP contribution in [0.1, 0.15) is 5.56 Å². The van der Waals surface area contributed by atoms with Crippen molar-refractivity contribution in [2.45, 2.75) is 6.18 Å². The van der Waals surface area contributed by atoms with Gasteiger partial charge in [-0.05, 0) is 84.4 Å². The van der Waals surface area contributed by atoms with E-state index in [-0.39, 0.29) is 28.2 Å². The maximum Gasteiger partial charge on any atom is 0.415 e. The van der Waals surface area contributed by atoms with Crippen molar-refractivity contribution in [3.8, 4) is 113 Å². The lowest BCUT2D eigenvalue weighted by molar-refractivity contribution is -0.137. The molecule has 6 heterocycles. The van der Waals surface area contributed by atoms with Crippen molar-refractivity contribution < 1.29 is 13.2 Å². The van der Waals surface area contributed by atoms with Crippen LogP contribution in [0.2, 0.25) is 0 Å². The Kier molecular flexibility index (Phi) is 13.9. The zero-order chi connectivity index (χ0) is 63.4. The average molecular weight is 1220 g/mol. The molecule has 0 atom stereocenters. The van der Waals surface area contributed by atoms with Gasteiger partial charge in [0.25, 0.3) is 0 Å².